The molecule has 0 aromatic carbocycles. The highest BCUT2D eigenvalue weighted by atomic mass is 16.1. The third kappa shape index (κ3) is 2.20. The molecule has 0 unspecified atom stereocenters. The van der Waals surface area contributed by atoms with Crippen LogP contribution in [0.2, 0.25) is 0 Å². The molecule has 1 nitrogen and oxygen atoms in total. The van der Waals surface area contributed by atoms with E-state index < -0.39 is 0 Å². The van der Waals surface area contributed by atoms with E-state index in [0.29, 0.717) is 0 Å². The van der Waals surface area contributed by atoms with Crippen LogP contribution in [0.15, 0.2) is 11.6 Å². The van der Waals surface area contributed by atoms with Gasteiger partial charge in [0, 0.05) is 5.41 Å². The molecule has 72 valence electrons. The molecule has 1 fully saturated rings. The minimum Gasteiger partial charge on any atom is -0.303 e. The Kier molecular flexibility index (Phi) is 2.52. The maximum Gasteiger partial charge on any atom is 0.126 e. The number of hydrogen-bond donors (Lipinski definition) is 0. The Balaban J connectivity index is 1.78. The van der Waals surface area contributed by atoms with Crippen LogP contribution in [0.5, 0.6) is 0 Å². The molecule has 0 bridgehead atoms. The minimum atomic E-state index is 0.123. The van der Waals surface area contributed by atoms with Gasteiger partial charge in [0.15, 0.2) is 0 Å². The summed E-state index contributed by atoms with van der Waals surface area (Å²) < 4.78 is 0. The second-order valence-corrected chi connectivity index (χ2v) is 4.59. The van der Waals surface area contributed by atoms with Crippen molar-refractivity contribution in [1.82, 2.24) is 0 Å². The molecule has 0 radical (unpaired) electrons. The predicted molar refractivity (Wildman–Crippen MR) is 53.5 cm³/mol. The van der Waals surface area contributed by atoms with E-state index in [4.69, 9.17) is 0 Å². The first-order valence-electron chi connectivity index (χ1n) is 5.49. The third-order valence-electron chi connectivity index (χ3n) is 3.47. The van der Waals surface area contributed by atoms with E-state index in [1.54, 1.807) is 5.57 Å². The van der Waals surface area contributed by atoms with Gasteiger partial charge in [-0.1, -0.05) is 11.6 Å². The first-order valence-corrected chi connectivity index (χ1v) is 5.49. The molecule has 0 aliphatic heterocycles. The smallest absolute Gasteiger partial charge is 0.126 e. The summed E-state index contributed by atoms with van der Waals surface area (Å²) in [6.07, 6.45) is 13.4. The van der Waals surface area contributed by atoms with E-state index in [-0.39, 0.29) is 5.41 Å². The number of rotatable bonds is 4. The Hall–Kier alpha value is -0.590. The zero-order chi connectivity index (χ0) is 9.15. The molecule has 0 heterocycles. The Morgan fingerprint density at radius 3 is 2.77 bits per heavy atom. The highest BCUT2D eigenvalue weighted by Crippen LogP contribution is 2.48. The predicted octanol–water partition coefficient (Wildman–Crippen LogP) is 3.25. The second-order valence-electron chi connectivity index (χ2n) is 4.59. The van der Waals surface area contributed by atoms with Crippen LogP contribution in [0.25, 0.3) is 0 Å². The van der Waals surface area contributed by atoms with Crippen molar-refractivity contribution in [2.45, 2.75) is 51.4 Å². The Bertz CT molecular complexity index is 223. The Morgan fingerprint density at radius 2 is 2.23 bits per heavy atom. The highest BCUT2D eigenvalue weighted by molar-refractivity contribution is 5.63. The lowest BCUT2D eigenvalue weighted by Gasteiger charge is -2.14. The molecule has 0 aromatic heterocycles. The first-order chi connectivity index (χ1) is 6.35. The summed E-state index contributed by atoms with van der Waals surface area (Å²) >= 11 is 0. The van der Waals surface area contributed by atoms with E-state index in [9.17, 15) is 4.79 Å². The van der Waals surface area contributed by atoms with Gasteiger partial charge in [-0.3, -0.25) is 0 Å². The minimum absolute atomic E-state index is 0.123. The van der Waals surface area contributed by atoms with E-state index in [1.807, 2.05) is 0 Å². The summed E-state index contributed by atoms with van der Waals surface area (Å²) in [5.41, 5.74) is 1.73. The molecule has 0 aromatic rings. The third-order valence-corrected chi connectivity index (χ3v) is 3.47. The van der Waals surface area contributed by atoms with Gasteiger partial charge in [0.1, 0.15) is 6.29 Å². The molecular formula is C12H18O. The summed E-state index contributed by atoms with van der Waals surface area (Å²) in [5, 5.41) is 0. The van der Waals surface area contributed by atoms with Crippen LogP contribution in [0.4, 0.5) is 0 Å². The van der Waals surface area contributed by atoms with Gasteiger partial charge in [0.25, 0.3) is 0 Å². The van der Waals surface area contributed by atoms with Gasteiger partial charge < -0.3 is 4.79 Å². The number of allylic oxidation sites excluding steroid dienone is 2. The lowest BCUT2D eigenvalue weighted by molar-refractivity contribution is -0.112. The summed E-state index contributed by atoms with van der Waals surface area (Å²) in [5.74, 6) is 0. The molecule has 2 rings (SSSR count). The second kappa shape index (κ2) is 3.65. The first kappa shape index (κ1) is 8.98. The van der Waals surface area contributed by atoms with Crippen molar-refractivity contribution in [2.75, 3.05) is 0 Å². The molecule has 0 amide bonds. The summed E-state index contributed by atoms with van der Waals surface area (Å²) in [6.45, 7) is 0. The van der Waals surface area contributed by atoms with E-state index in [0.717, 1.165) is 19.3 Å². The average molecular weight is 178 g/mol. The van der Waals surface area contributed by atoms with Crippen molar-refractivity contribution >= 4 is 6.29 Å². The SMILES string of the molecule is O=CC1(CCC2=CCCCC2)CC1. The lowest BCUT2D eigenvalue weighted by Crippen LogP contribution is -2.03. The topological polar surface area (TPSA) is 17.1 Å². The van der Waals surface area contributed by atoms with E-state index in [2.05, 4.69) is 6.08 Å². The fraction of sp³-hybridized carbons (Fsp3) is 0.750. The Morgan fingerprint density at radius 1 is 1.38 bits per heavy atom. The highest BCUT2D eigenvalue weighted by Gasteiger charge is 2.41. The van der Waals surface area contributed by atoms with Crippen LogP contribution in [0, 0.1) is 5.41 Å². The normalized spacial score (nSPS) is 25.1. The molecule has 0 saturated heterocycles. The number of hydrogen-bond acceptors (Lipinski definition) is 1. The van der Waals surface area contributed by atoms with E-state index >= 15 is 0 Å². The summed E-state index contributed by atoms with van der Waals surface area (Å²) in [7, 11) is 0. The van der Waals surface area contributed by atoms with E-state index in [1.165, 1.54) is 38.4 Å². The maximum atomic E-state index is 10.7. The van der Waals surface area contributed by atoms with Crippen molar-refractivity contribution in [1.29, 1.82) is 0 Å². The summed E-state index contributed by atoms with van der Waals surface area (Å²) in [6, 6.07) is 0. The monoisotopic (exact) mass is 178 g/mol. The maximum absolute atomic E-state index is 10.7. The van der Waals surface area contributed by atoms with Crippen LogP contribution in [-0.2, 0) is 4.79 Å². The van der Waals surface area contributed by atoms with Crippen LogP contribution >= 0.6 is 0 Å². The Labute approximate surface area is 80.2 Å². The van der Waals surface area contributed by atoms with Crippen molar-refractivity contribution < 1.29 is 4.79 Å². The number of carbonyl (C=O) groups is 1. The van der Waals surface area contributed by atoms with Gasteiger partial charge >= 0.3 is 0 Å². The van der Waals surface area contributed by atoms with Gasteiger partial charge in [-0.15, -0.1) is 0 Å². The van der Waals surface area contributed by atoms with Gasteiger partial charge in [-0.25, -0.2) is 0 Å². The fourth-order valence-corrected chi connectivity index (χ4v) is 2.13. The average Bonchev–Trinajstić information content (AvgIpc) is 2.97. The molecule has 0 spiro atoms. The fourth-order valence-electron chi connectivity index (χ4n) is 2.13. The van der Waals surface area contributed by atoms with Crippen LogP contribution in [0.1, 0.15) is 51.4 Å². The molecule has 0 N–H and O–H groups in total. The van der Waals surface area contributed by atoms with Crippen molar-refractivity contribution in [2.24, 2.45) is 5.41 Å². The number of aldehydes is 1. The molecule has 13 heavy (non-hydrogen) atoms. The van der Waals surface area contributed by atoms with Gasteiger partial charge in [-0.2, -0.15) is 0 Å². The van der Waals surface area contributed by atoms with Crippen molar-refractivity contribution in [3.63, 3.8) is 0 Å². The zero-order valence-electron chi connectivity index (χ0n) is 8.22. The van der Waals surface area contributed by atoms with Crippen LogP contribution < -0.4 is 0 Å². The van der Waals surface area contributed by atoms with Crippen LogP contribution in [0.3, 0.4) is 0 Å². The number of carbonyl (C=O) groups excluding carboxylic acids is 1. The van der Waals surface area contributed by atoms with Crippen molar-refractivity contribution in [3.8, 4) is 0 Å². The lowest BCUT2D eigenvalue weighted by atomic mass is 9.92. The largest absolute Gasteiger partial charge is 0.303 e. The van der Waals surface area contributed by atoms with Gasteiger partial charge in [0.05, 0.1) is 0 Å². The summed E-state index contributed by atoms with van der Waals surface area (Å²) in [4.78, 5) is 10.7. The molecule has 1 heteroatoms. The molecular weight excluding hydrogens is 160 g/mol. The van der Waals surface area contributed by atoms with Gasteiger partial charge in [0.2, 0.25) is 0 Å². The standard InChI is InChI=1S/C12H18O/c13-10-12(8-9-12)7-6-11-4-2-1-3-5-11/h4,10H,1-3,5-9H2. The molecule has 0 atom stereocenters. The van der Waals surface area contributed by atoms with Crippen molar-refractivity contribution in [3.05, 3.63) is 11.6 Å². The quantitative estimate of drug-likeness (QED) is 0.477. The molecule has 1 saturated carbocycles. The van der Waals surface area contributed by atoms with Gasteiger partial charge in [-0.05, 0) is 51.4 Å². The molecule has 2 aliphatic rings. The van der Waals surface area contributed by atoms with Crippen LogP contribution in [-0.4, -0.2) is 6.29 Å². The zero-order valence-corrected chi connectivity index (χ0v) is 8.22. The molecule has 2 aliphatic carbocycles.